The van der Waals surface area contributed by atoms with Gasteiger partial charge in [0, 0.05) is 23.5 Å². The van der Waals surface area contributed by atoms with Crippen LogP contribution >= 0.6 is 0 Å². The molecule has 3 heteroatoms. The van der Waals surface area contributed by atoms with Crippen molar-refractivity contribution >= 4 is 5.78 Å². The molecule has 0 aliphatic heterocycles. The fourth-order valence-corrected chi connectivity index (χ4v) is 1.45. The van der Waals surface area contributed by atoms with Crippen LogP contribution in [-0.2, 0) is 0 Å². The lowest BCUT2D eigenvalue weighted by Gasteiger charge is -2.08. The Kier molecular flexibility index (Phi) is 3.08. The third-order valence-corrected chi connectivity index (χ3v) is 2.31. The maximum atomic E-state index is 11.9. The maximum Gasteiger partial charge on any atom is 0.195 e. The molecule has 0 aliphatic rings. The number of ketones is 1. The standard InChI is InChI=1S/C13H11NO2/c15-12(10-5-2-1-3-6-10)13(16)11-7-4-8-14-9-11/h1-9,13,16H. The van der Waals surface area contributed by atoms with E-state index in [2.05, 4.69) is 4.98 Å². The van der Waals surface area contributed by atoms with Crippen LogP contribution in [0.2, 0.25) is 0 Å². The normalized spacial score (nSPS) is 12.1. The van der Waals surface area contributed by atoms with Crippen molar-refractivity contribution in [2.45, 2.75) is 6.10 Å². The first-order chi connectivity index (χ1) is 7.79. The van der Waals surface area contributed by atoms with E-state index in [9.17, 15) is 9.90 Å². The molecule has 2 rings (SSSR count). The average Bonchev–Trinajstić information content (AvgIpc) is 2.39. The SMILES string of the molecule is O=C(c1ccccc1)C(O)c1cccnc1. The van der Waals surface area contributed by atoms with Crippen molar-refractivity contribution < 1.29 is 9.90 Å². The Labute approximate surface area is 93.4 Å². The highest BCUT2D eigenvalue weighted by atomic mass is 16.3. The molecule has 80 valence electrons. The van der Waals surface area contributed by atoms with Crippen molar-refractivity contribution in [3.05, 3.63) is 66.0 Å². The van der Waals surface area contributed by atoms with E-state index in [-0.39, 0.29) is 5.78 Å². The van der Waals surface area contributed by atoms with Gasteiger partial charge in [0.15, 0.2) is 5.78 Å². The van der Waals surface area contributed by atoms with Crippen LogP contribution in [0.25, 0.3) is 0 Å². The topological polar surface area (TPSA) is 50.2 Å². The first-order valence-corrected chi connectivity index (χ1v) is 4.96. The minimum Gasteiger partial charge on any atom is -0.380 e. The van der Waals surface area contributed by atoms with Crippen LogP contribution in [0.3, 0.4) is 0 Å². The lowest BCUT2D eigenvalue weighted by Crippen LogP contribution is -2.12. The van der Waals surface area contributed by atoms with Crippen molar-refractivity contribution in [3.63, 3.8) is 0 Å². The van der Waals surface area contributed by atoms with Crippen LogP contribution in [0.1, 0.15) is 22.0 Å². The summed E-state index contributed by atoms with van der Waals surface area (Å²) in [5.74, 6) is -0.311. The number of hydrogen-bond acceptors (Lipinski definition) is 3. The van der Waals surface area contributed by atoms with E-state index in [1.54, 1.807) is 42.6 Å². The minimum absolute atomic E-state index is 0.311. The second kappa shape index (κ2) is 4.68. The summed E-state index contributed by atoms with van der Waals surface area (Å²) in [6, 6.07) is 12.1. The zero-order chi connectivity index (χ0) is 11.4. The summed E-state index contributed by atoms with van der Waals surface area (Å²) in [7, 11) is 0. The average molecular weight is 213 g/mol. The number of Topliss-reactive ketones (excluding diaryl/α,β-unsaturated/α-hetero) is 1. The quantitative estimate of drug-likeness (QED) is 0.793. The van der Waals surface area contributed by atoms with Crippen LogP contribution in [-0.4, -0.2) is 15.9 Å². The predicted octanol–water partition coefficient (Wildman–Crippen LogP) is 2.00. The molecule has 0 radical (unpaired) electrons. The van der Waals surface area contributed by atoms with E-state index < -0.39 is 6.10 Å². The molecule has 0 spiro atoms. The summed E-state index contributed by atoms with van der Waals surface area (Å²) in [5.41, 5.74) is 1.01. The predicted molar refractivity (Wildman–Crippen MR) is 60.0 cm³/mol. The first kappa shape index (κ1) is 10.5. The highest BCUT2D eigenvalue weighted by molar-refractivity contribution is 5.99. The second-order valence-electron chi connectivity index (χ2n) is 3.42. The number of carbonyl (C=O) groups is 1. The number of aromatic nitrogens is 1. The molecule has 0 saturated heterocycles. The van der Waals surface area contributed by atoms with Crippen LogP contribution in [0.5, 0.6) is 0 Å². The molecule has 1 N–H and O–H groups in total. The molecule has 1 aromatic heterocycles. The number of nitrogens with zero attached hydrogens (tertiary/aromatic N) is 1. The lowest BCUT2D eigenvalue weighted by atomic mass is 10.0. The summed E-state index contributed by atoms with van der Waals surface area (Å²) in [4.78, 5) is 15.7. The molecule has 0 fully saturated rings. The minimum atomic E-state index is -1.14. The molecular formula is C13H11NO2. The molecule has 0 saturated carbocycles. The highest BCUT2D eigenvalue weighted by Gasteiger charge is 2.18. The molecule has 0 bridgehead atoms. The van der Waals surface area contributed by atoms with Gasteiger partial charge < -0.3 is 5.11 Å². The Balaban J connectivity index is 2.24. The highest BCUT2D eigenvalue weighted by Crippen LogP contribution is 2.16. The Morgan fingerprint density at radius 1 is 1.12 bits per heavy atom. The first-order valence-electron chi connectivity index (χ1n) is 4.96. The van der Waals surface area contributed by atoms with Crippen molar-refractivity contribution in [2.75, 3.05) is 0 Å². The van der Waals surface area contributed by atoms with Gasteiger partial charge in [-0.05, 0) is 6.07 Å². The number of pyridine rings is 1. The van der Waals surface area contributed by atoms with Gasteiger partial charge >= 0.3 is 0 Å². The molecule has 0 aliphatic carbocycles. The maximum absolute atomic E-state index is 11.9. The van der Waals surface area contributed by atoms with Crippen LogP contribution in [0.15, 0.2) is 54.9 Å². The molecule has 2 aromatic rings. The van der Waals surface area contributed by atoms with E-state index in [1.165, 1.54) is 6.20 Å². The van der Waals surface area contributed by atoms with Gasteiger partial charge in [0.25, 0.3) is 0 Å². The van der Waals surface area contributed by atoms with Gasteiger partial charge in [0.05, 0.1) is 0 Å². The number of hydrogen-bond donors (Lipinski definition) is 1. The van der Waals surface area contributed by atoms with Crippen molar-refractivity contribution in [1.29, 1.82) is 0 Å². The molecule has 1 unspecified atom stereocenters. The molecule has 1 aromatic carbocycles. The van der Waals surface area contributed by atoms with E-state index in [4.69, 9.17) is 0 Å². The summed E-state index contributed by atoms with van der Waals surface area (Å²) in [6.45, 7) is 0. The van der Waals surface area contributed by atoms with E-state index in [1.807, 2.05) is 6.07 Å². The summed E-state index contributed by atoms with van der Waals surface area (Å²) < 4.78 is 0. The Morgan fingerprint density at radius 2 is 1.88 bits per heavy atom. The number of rotatable bonds is 3. The van der Waals surface area contributed by atoms with E-state index in [0.717, 1.165) is 0 Å². The fourth-order valence-electron chi connectivity index (χ4n) is 1.45. The van der Waals surface area contributed by atoms with Gasteiger partial charge in [-0.15, -0.1) is 0 Å². The number of aliphatic hydroxyl groups excluding tert-OH is 1. The van der Waals surface area contributed by atoms with Crippen molar-refractivity contribution in [1.82, 2.24) is 4.98 Å². The Morgan fingerprint density at radius 3 is 2.50 bits per heavy atom. The van der Waals surface area contributed by atoms with Gasteiger partial charge in [-0.2, -0.15) is 0 Å². The number of aliphatic hydroxyl groups is 1. The van der Waals surface area contributed by atoms with Crippen LogP contribution in [0, 0.1) is 0 Å². The van der Waals surface area contributed by atoms with E-state index in [0.29, 0.717) is 11.1 Å². The molecular weight excluding hydrogens is 202 g/mol. The molecule has 3 nitrogen and oxygen atoms in total. The van der Waals surface area contributed by atoms with Crippen LogP contribution < -0.4 is 0 Å². The van der Waals surface area contributed by atoms with Crippen molar-refractivity contribution in [2.24, 2.45) is 0 Å². The van der Waals surface area contributed by atoms with Gasteiger partial charge in [-0.1, -0.05) is 36.4 Å². The Bertz CT molecular complexity index is 468. The van der Waals surface area contributed by atoms with Gasteiger partial charge in [-0.3, -0.25) is 9.78 Å². The van der Waals surface area contributed by atoms with Crippen molar-refractivity contribution in [3.8, 4) is 0 Å². The second-order valence-corrected chi connectivity index (χ2v) is 3.42. The lowest BCUT2D eigenvalue weighted by molar-refractivity contribution is 0.0747. The zero-order valence-electron chi connectivity index (χ0n) is 8.58. The Hall–Kier alpha value is -2.00. The summed E-state index contributed by atoms with van der Waals surface area (Å²) >= 11 is 0. The van der Waals surface area contributed by atoms with Crippen LogP contribution in [0.4, 0.5) is 0 Å². The molecule has 0 amide bonds. The largest absolute Gasteiger partial charge is 0.380 e. The van der Waals surface area contributed by atoms with Gasteiger partial charge in [0.2, 0.25) is 0 Å². The number of benzene rings is 1. The van der Waals surface area contributed by atoms with Gasteiger partial charge in [-0.25, -0.2) is 0 Å². The number of carbonyl (C=O) groups excluding carboxylic acids is 1. The third-order valence-electron chi connectivity index (χ3n) is 2.31. The van der Waals surface area contributed by atoms with E-state index >= 15 is 0 Å². The monoisotopic (exact) mass is 213 g/mol. The third kappa shape index (κ3) is 2.15. The summed E-state index contributed by atoms with van der Waals surface area (Å²) in [5, 5.41) is 9.85. The smallest absolute Gasteiger partial charge is 0.195 e. The fraction of sp³-hybridized carbons (Fsp3) is 0.0769. The molecule has 16 heavy (non-hydrogen) atoms. The zero-order valence-corrected chi connectivity index (χ0v) is 8.58. The molecule has 1 heterocycles. The van der Waals surface area contributed by atoms with Gasteiger partial charge in [0.1, 0.15) is 6.10 Å². The summed E-state index contributed by atoms with van der Waals surface area (Å²) in [6.07, 6.45) is 1.95. The molecule has 1 atom stereocenters.